The number of benzene rings is 2. The van der Waals surface area contributed by atoms with Gasteiger partial charge in [-0.05, 0) is 42.3 Å². The minimum atomic E-state index is -0.109. The zero-order chi connectivity index (χ0) is 14.8. The van der Waals surface area contributed by atoms with Crippen LogP contribution in [0.25, 0.3) is 0 Å². The van der Waals surface area contributed by atoms with Crippen LogP contribution in [-0.4, -0.2) is 17.0 Å². The van der Waals surface area contributed by atoms with Crippen LogP contribution >= 0.6 is 0 Å². The Bertz CT molecular complexity index is 657. The maximum absolute atomic E-state index is 9.48. The molecule has 0 fully saturated rings. The number of rotatable bonds is 4. The second-order valence-electron chi connectivity index (χ2n) is 5.04. The van der Waals surface area contributed by atoms with Gasteiger partial charge in [-0.25, -0.2) is 0 Å². The summed E-state index contributed by atoms with van der Waals surface area (Å²) in [5.74, 6) is 1.32. The molecular formula is C16H17NO4. The number of fused-ring (bicyclic) bond motifs is 1. The molecule has 1 aliphatic heterocycles. The molecule has 0 aliphatic carbocycles. The van der Waals surface area contributed by atoms with Gasteiger partial charge in [0.25, 0.3) is 0 Å². The van der Waals surface area contributed by atoms with Crippen molar-refractivity contribution >= 4 is 0 Å². The third-order valence-electron chi connectivity index (χ3n) is 3.55. The van der Waals surface area contributed by atoms with Gasteiger partial charge in [0.15, 0.2) is 23.0 Å². The number of aromatic hydroxyl groups is 2. The highest BCUT2D eigenvalue weighted by atomic mass is 16.7. The molecule has 5 nitrogen and oxygen atoms in total. The van der Waals surface area contributed by atoms with Crippen LogP contribution in [0.3, 0.4) is 0 Å². The molecule has 1 atom stereocenters. The summed E-state index contributed by atoms with van der Waals surface area (Å²) in [4.78, 5) is 0. The van der Waals surface area contributed by atoms with Gasteiger partial charge in [0, 0.05) is 12.6 Å². The smallest absolute Gasteiger partial charge is 0.231 e. The van der Waals surface area contributed by atoms with Crippen molar-refractivity contribution in [3.05, 3.63) is 47.5 Å². The van der Waals surface area contributed by atoms with Crippen LogP contribution in [0.15, 0.2) is 36.4 Å². The Hall–Kier alpha value is -2.40. The van der Waals surface area contributed by atoms with Crippen molar-refractivity contribution in [3.8, 4) is 23.0 Å². The number of hydrogen-bond acceptors (Lipinski definition) is 5. The van der Waals surface area contributed by atoms with E-state index in [2.05, 4.69) is 12.2 Å². The molecule has 2 aromatic carbocycles. The molecule has 0 bridgehead atoms. The predicted octanol–water partition coefficient (Wildman–Crippen LogP) is 2.68. The molecule has 0 saturated carbocycles. The quantitative estimate of drug-likeness (QED) is 0.754. The van der Waals surface area contributed by atoms with E-state index in [1.54, 1.807) is 12.1 Å². The highest BCUT2D eigenvalue weighted by molar-refractivity contribution is 5.45. The zero-order valence-corrected chi connectivity index (χ0v) is 11.7. The molecule has 1 heterocycles. The van der Waals surface area contributed by atoms with E-state index in [0.29, 0.717) is 6.54 Å². The van der Waals surface area contributed by atoms with Gasteiger partial charge in [-0.1, -0.05) is 12.1 Å². The van der Waals surface area contributed by atoms with E-state index in [0.717, 1.165) is 22.6 Å². The predicted molar refractivity (Wildman–Crippen MR) is 77.6 cm³/mol. The zero-order valence-electron chi connectivity index (χ0n) is 11.7. The summed E-state index contributed by atoms with van der Waals surface area (Å²) in [6, 6.07) is 10.8. The molecule has 21 heavy (non-hydrogen) atoms. The molecule has 1 unspecified atom stereocenters. The van der Waals surface area contributed by atoms with Gasteiger partial charge in [0.05, 0.1) is 0 Å². The molecule has 2 aromatic rings. The first-order chi connectivity index (χ1) is 10.1. The van der Waals surface area contributed by atoms with Gasteiger partial charge in [0.1, 0.15) is 0 Å². The van der Waals surface area contributed by atoms with Crippen LogP contribution in [0.5, 0.6) is 23.0 Å². The Morgan fingerprint density at radius 1 is 1.05 bits per heavy atom. The topological polar surface area (TPSA) is 71.0 Å². The normalized spacial score (nSPS) is 14.1. The lowest BCUT2D eigenvalue weighted by atomic mass is 10.1. The second-order valence-corrected chi connectivity index (χ2v) is 5.04. The molecule has 0 radical (unpaired) electrons. The van der Waals surface area contributed by atoms with E-state index in [9.17, 15) is 10.2 Å². The van der Waals surface area contributed by atoms with Crippen molar-refractivity contribution in [1.82, 2.24) is 5.32 Å². The third kappa shape index (κ3) is 2.87. The van der Waals surface area contributed by atoms with Crippen LogP contribution in [0.4, 0.5) is 0 Å². The molecule has 3 N–H and O–H groups in total. The van der Waals surface area contributed by atoms with E-state index in [-0.39, 0.29) is 24.3 Å². The van der Waals surface area contributed by atoms with Crippen molar-refractivity contribution in [3.63, 3.8) is 0 Å². The lowest BCUT2D eigenvalue weighted by Gasteiger charge is -2.15. The third-order valence-corrected chi connectivity index (χ3v) is 3.55. The van der Waals surface area contributed by atoms with E-state index in [1.165, 1.54) is 6.07 Å². The number of nitrogens with one attached hydrogen (secondary N) is 1. The maximum Gasteiger partial charge on any atom is 0.231 e. The fourth-order valence-electron chi connectivity index (χ4n) is 2.25. The SMILES string of the molecule is CC(NCc1ccc(O)c(O)c1)c1ccc2c(c1)OCO2. The summed E-state index contributed by atoms with van der Waals surface area (Å²) >= 11 is 0. The Morgan fingerprint density at radius 3 is 2.67 bits per heavy atom. The largest absolute Gasteiger partial charge is 0.504 e. The van der Waals surface area contributed by atoms with Crippen molar-refractivity contribution in [2.75, 3.05) is 6.79 Å². The first-order valence-corrected chi connectivity index (χ1v) is 6.77. The van der Waals surface area contributed by atoms with E-state index >= 15 is 0 Å². The Labute approximate surface area is 122 Å². The molecule has 0 amide bonds. The lowest BCUT2D eigenvalue weighted by molar-refractivity contribution is 0.174. The van der Waals surface area contributed by atoms with Crippen LogP contribution in [-0.2, 0) is 6.54 Å². The van der Waals surface area contributed by atoms with Crippen LogP contribution in [0.2, 0.25) is 0 Å². The number of phenols is 2. The highest BCUT2D eigenvalue weighted by Gasteiger charge is 2.15. The number of ether oxygens (including phenoxy) is 2. The molecule has 0 saturated heterocycles. The monoisotopic (exact) mass is 287 g/mol. The lowest BCUT2D eigenvalue weighted by Crippen LogP contribution is -2.17. The first kappa shape index (κ1) is 13.6. The summed E-state index contributed by atoms with van der Waals surface area (Å²) in [5.41, 5.74) is 2.00. The minimum absolute atomic E-state index is 0.106. The maximum atomic E-state index is 9.48. The van der Waals surface area contributed by atoms with Crippen molar-refractivity contribution in [2.24, 2.45) is 0 Å². The van der Waals surface area contributed by atoms with E-state index in [4.69, 9.17) is 9.47 Å². The van der Waals surface area contributed by atoms with Gasteiger partial charge in [0.2, 0.25) is 6.79 Å². The van der Waals surface area contributed by atoms with E-state index < -0.39 is 0 Å². The summed E-state index contributed by atoms with van der Waals surface area (Å²) < 4.78 is 10.7. The fraction of sp³-hybridized carbons (Fsp3) is 0.250. The van der Waals surface area contributed by atoms with E-state index in [1.807, 2.05) is 18.2 Å². The summed E-state index contributed by atoms with van der Waals surface area (Å²) in [5, 5.41) is 22.1. The van der Waals surface area contributed by atoms with Gasteiger partial charge >= 0.3 is 0 Å². The minimum Gasteiger partial charge on any atom is -0.504 e. The molecule has 5 heteroatoms. The Balaban J connectivity index is 1.66. The number of hydrogen-bond donors (Lipinski definition) is 3. The van der Waals surface area contributed by atoms with Crippen molar-refractivity contribution < 1.29 is 19.7 Å². The highest BCUT2D eigenvalue weighted by Crippen LogP contribution is 2.34. The fourth-order valence-corrected chi connectivity index (χ4v) is 2.25. The Morgan fingerprint density at radius 2 is 1.86 bits per heavy atom. The summed E-state index contributed by atoms with van der Waals surface area (Å²) in [6.07, 6.45) is 0. The van der Waals surface area contributed by atoms with Gasteiger partial charge in [-0.15, -0.1) is 0 Å². The average Bonchev–Trinajstić information content (AvgIpc) is 2.95. The molecule has 0 aromatic heterocycles. The van der Waals surface area contributed by atoms with Crippen LogP contribution in [0, 0.1) is 0 Å². The molecule has 1 aliphatic rings. The van der Waals surface area contributed by atoms with Gasteiger partial charge in [-0.3, -0.25) is 0 Å². The standard InChI is InChI=1S/C16H17NO4/c1-10(12-3-5-15-16(7-12)21-9-20-15)17-8-11-2-4-13(18)14(19)6-11/h2-7,10,17-19H,8-9H2,1H3. The first-order valence-electron chi connectivity index (χ1n) is 6.77. The van der Waals surface area contributed by atoms with Gasteiger partial charge < -0.3 is 25.0 Å². The van der Waals surface area contributed by atoms with Crippen molar-refractivity contribution in [1.29, 1.82) is 0 Å². The van der Waals surface area contributed by atoms with Crippen molar-refractivity contribution in [2.45, 2.75) is 19.5 Å². The molecule has 110 valence electrons. The second kappa shape index (κ2) is 5.54. The van der Waals surface area contributed by atoms with Crippen LogP contribution < -0.4 is 14.8 Å². The van der Waals surface area contributed by atoms with Crippen LogP contribution in [0.1, 0.15) is 24.1 Å². The summed E-state index contributed by atoms with van der Waals surface area (Å²) in [6.45, 7) is 2.91. The molecular weight excluding hydrogens is 270 g/mol. The Kier molecular flexibility index (Phi) is 3.58. The average molecular weight is 287 g/mol. The number of phenolic OH excluding ortho intramolecular Hbond substituents is 2. The molecule has 0 spiro atoms. The summed E-state index contributed by atoms with van der Waals surface area (Å²) in [7, 11) is 0. The molecule has 3 rings (SSSR count). The van der Waals surface area contributed by atoms with Gasteiger partial charge in [-0.2, -0.15) is 0 Å².